The van der Waals surface area contributed by atoms with Gasteiger partial charge in [0.1, 0.15) is 12.4 Å². The SMILES string of the molecule is CC(C)[C@@H](NC(=O)[C@H]1COc2ccccc2O1)c1nc2ccccc2[nH]1. The Morgan fingerprint density at radius 1 is 1.15 bits per heavy atom. The fourth-order valence-electron chi connectivity index (χ4n) is 3.07. The van der Waals surface area contributed by atoms with Gasteiger partial charge in [-0.1, -0.05) is 38.1 Å². The van der Waals surface area contributed by atoms with E-state index >= 15 is 0 Å². The normalized spacial score (nSPS) is 17.3. The number of amides is 1. The molecule has 1 aliphatic rings. The molecule has 6 nitrogen and oxygen atoms in total. The number of nitrogens with zero attached hydrogens (tertiary/aromatic N) is 1. The van der Waals surface area contributed by atoms with Crippen molar-refractivity contribution in [2.45, 2.75) is 26.0 Å². The molecule has 0 spiro atoms. The molecule has 1 amide bonds. The van der Waals surface area contributed by atoms with E-state index in [1.807, 2.05) is 56.3 Å². The summed E-state index contributed by atoms with van der Waals surface area (Å²) in [5.41, 5.74) is 1.84. The summed E-state index contributed by atoms with van der Waals surface area (Å²) in [4.78, 5) is 20.7. The van der Waals surface area contributed by atoms with Crippen molar-refractivity contribution in [3.8, 4) is 11.5 Å². The Hall–Kier alpha value is -3.02. The van der Waals surface area contributed by atoms with Crippen LogP contribution in [-0.2, 0) is 4.79 Å². The van der Waals surface area contributed by atoms with E-state index < -0.39 is 6.10 Å². The first-order valence-electron chi connectivity index (χ1n) is 8.75. The number of ether oxygens (including phenoxy) is 2. The predicted octanol–water partition coefficient (Wildman–Crippen LogP) is 3.22. The molecule has 1 aromatic heterocycles. The highest BCUT2D eigenvalue weighted by Crippen LogP contribution is 2.31. The van der Waals surface area contributed by atoms with Crippen LogP contribution >= 0.6 is 0 Å². The van der Waals surface area contributed by atoms with Gasteiger partial charge in [-0.25, -0.2) is 4.98 Å². The predicted molar refractivity (Wildman–Crippen MR) is 98.2 cm³/mol. The van der Waals surface area contributed by atoms with Crippen molar-refractivity contribution in [2.24, 2.45) is 5.92 Å². The van der Waals surface area contributed by atoms with Crippen LogP contribution in [-0.4, -0.2) is 28.6 Å². The number of imidazole rings is 1. The Balaban J connectivity index is 1.52. The van der Waals surface area contributed by atoms with E-state index in [4.69, 9.17) is 9.47 Å². The van der Waals surface area contributed by atoms with Crippen LogP contribution in [0.15, 0.2) is 48.5 Å². The van der Waals surface area contributed by atoms with E-state index in [1.54, 1.807) is 6.07 Å². The summed E-state index contributed by atoms with van der Waals surface area (Å²) in [7, 11) is 0. The van der Waals surface area contributed by atoms with Gasteiger partial charge in [-0.3, -0.25) is 4.79 Å². The van der Waals surface area contributed by atoms with Gasteiger partial charge in [0.25, 0.3) is 5.91 Å². The van der Waals surface area contributed by atoms with Crippen molar-refractivity contribution in [3.63, 3.8) is 0 Å². The highest BCUT2D eigenvalue weighted by molar-refractivity contribution is 5.82. The number of hydrogen-bond acceptors (Lipinski definition) is 4. The molecule has 2 atom stereocenters. The van der Waals surface area contributed by atoms with E-state index in [1.165, 1.54) is 0 Å². The Morgan fingerprint density at radius 3 is 2.65 bits per heavy atom. The van der Waals surface area contributed by atoms with Crippen molar-refractivity contribution in [3.05, 3.63) is 54.4 Å². The molecule has 0 aliphatic carbocycles. The monoisotopic (exact) mass is 351 g/mol. The number of benzene rings is 2. The molecule has 0 bridgehead atoms. The summed E-state index contributed by atoms with van der Waals surface area (Å²) in [5, 5.41) is 3.06. The molecule has 0 unspecified atom stereocenters. The minimum Gasteiger partial charge on any atom is -0.485 e. The zero-order valence-electron chi connectivity index (χ0n) is 14.7. The minimum atomic E-state index is -0.685. The van der Waals surface area contributed by atoms with Crippen LogP contribution in [0, 0.1) is 5.92 Å². The average molecular weight is 351 g/mol. The summed E-state index contributed by atoms with van der Waals surface area (Å²) in [5.74, 6) is 1.94. The molecule has 6 heteroatoms. The van der Waals surface area contributed by atoms with Gasteiger partial charge in [-0.2, -0.15) is 0 Å². The highest BCUT2D eigenvalue weighted by Gasteiger charge is 2.31. The highest BCUT2D eigenvalue weighted by atomic mass is 16.6. The molecule has 134 valence electrons. The van der Waals surface area contributed by atoms with Crippen LogP contribution in [0.4, 0.5) is 0 Å². The van der Waals surface area contributed by atoms with Crippen molar-refractivity contribution in [1.82, 2.24) is 15.3 Å². The van der Waals surface area contributed by atoms with Crippen LogP contribution in [0.2, 0.25) is 0 Å². The molecular weight excluding hydrogens is 330 g/mol. The molecule has 2 aromatic carbocycles. The number of H-pyrrole nitrogens is 1. The third-order valence-corrected chi connectivity index (χ3v) is 4.47. The van der Waals surface area contributed by atoms with Crippen molar-refractivity contribution < 1.29 is 14.3 Å². The molecule has 2 N–H and O–H groups in total. The fourth-order valence-corrected chi connectivity index (χ4v) is 3.07. The summed E-state index contributed by atoms with van der Waals surface area (Å²) in [6.07, 6.45) is -0.685. The van der Waals surface area contributed by atoms with Crippen LogP contribution in [0.3, 0.4) is 0 Å². The molecule has 0 saturated heterocycles. The fraction of sp³-hybridized carbons (Fsp3) is 0.300. The molecule has 0 fully saturated rings. The van der Waals surface area contributed by atoms with Gasteiger partial charge in [-0.05, 0) is 30.2 Å². The number of para-hydroxylation sites is 4. The number of carbonyl (C=O) groups is 1. The van der Waals surface area contributed by atoms with E-state index in [2.05, 4.69) is 15.3 Å². The Labute approximate surface area is 151 Å². The van der Waals surface area contributed by atoms with Crippen molar-refractivity contribution in [2.75, 3.05) is 6.61 Å². The molecular formula is C20H21N3O3. The zero-order chi connectivity index (χ0) is 18.1. The number of carbonyl (C=O) groups excluding carboxylic acids is 1. The van der Waals surface area contributed by atoms with Gasteiger partial charge >= 0.3 is 0 Å². The Bertz CT molecular complexity index is 902. The Morgan fingerprint density at radius 2 is 1.88 bits per heavy atom. The standard InChI is InChI=1S/C20H21N3O3/c1-12(2)18(19-21-13-7-3-4-8-14(13)22-19)23-20(24)17-11-25-15-9-5-6-10-16(15)26-17/h3-10,12,17-18H,11H2,1-2H3,(H,21,22)(H,23,24)/t17-,18-/m1/s1. The van der Waals surface area contributed by atoms with Gasteiger partial charge < -0.3 is 19.8 Å². The lowest BCUT2D eigenvalue weighted by atomic mass is 10.0. The molecule has 26 heavy (non-hydrogen) atoms. The summed E-state index contributed by atoms with van der Waals surface area (Å²) in [6, 6.07) is 14.9. The second-order valence-electron chi connectivity index (χ2n) is 6.73. The first-order chi connectivity index (χ1) is 12.6. The van der Waals surface area contributed by atoms with Crippen LogP contribution in [0.25, 0.3) is 11.0 Å². The number of fused-ring (bicyclic) bond motifs is 2. The largest absolute Gasteiger partial charge is 0.485 e. The quantitative estimate of drug-likeness (QED) is 0.757. The van der Waals surface area contributed by atoms with Crippen molar-refractivity contribution in [1.29, 1.82) is 0 Å². The topological polar surface area (TPSA) is 76.2 Å². The van der Waals surface area contributed by atoms with Gasteiger partial charge in [0.05, 0.1) is 17.1 Å². The summed E-state index contributed by atoms with van der Waals surface area (Å²) < 4.78 is 11.4. The Kier molecular flexibility index (Phi) is 4.24. The zero-order valence-corrected chi connectivity index (χ0v) is 14.7. The van der Waals surface area contributed by atoms with Gasteiger partial charge in [-0.15, -0.1) is 0 Å². The first-order valence-corrected chi connectivity index (χ1v) is 8.75. The minimum absolute atomic E-state index is 0.163. The van der Waals surface area contributed by atoms with E-state index in [-0.39, 0.29) is 24.5 Å². The number of aromatic amines is 1. The number of hydrogen-bond donors (Lipinski definition) is 2. The summed E-state index contributed by atoms with van der Waals surface area (Å²) >= 11 is 0. The van der Waals surface area contributed by atoms with Crippen LogP contribution in [0.5, 0.6) is 11.5 Å². The molecule has 0 radical (unpaired) electrons. The maximum absolute atomic E-state index is 12.8. The second kappa shape index (κ2) is 6.71. The number of aromatic nitrogens is 2. The van der Waals surface area contributed by atoms with Gasteiger partial charge in [0.2, 0.25) is 6.10 Å². The summed E-state index contributed by atoms with van der Waals surface area (Å²) in [6.45, 7) is 4.28. The lowest BCUT2D eigenvalue weighted by molar-refractivity contribution is -0.131. The van der Waals surface area contributed by atoms with Crippen LogP contribution in [0.1, 0.15) is 25.7 Å². The maximum atomic E-state index is 12.8. The lowest BCUT2D eigenvalue weighted by Crippen LogP contribution is -2.46. The average Bonchev–Trinajstić information content (AvgIpc) is 3.09. The first kappa shape index (κ1) is 16.4. The maximum Gasteiger partial charge on any atom is 0.265 e. The number of nitrogens with one attached hydrogen (secondary N) is 2. The lowest BCUT2D eigenvalue weighted by Gasteiger charge is -2.28. The third-order valence-electron chi connectivity index (χ3n) is 4.47. The van der Waals surface area contributed by atoms with Gasteiger partial charge in [0.15, 0.2) is 11.5 Å². The molecule has 2 heterocycles. The number of rotatable bonds is 4. The van der Waals surface area contributed by atoms with Crippen LogP contribution < -0.4 is 14.8 Å². The van der Waals surface area contributed by atoms with E-state index in [9.17, 15) is 4.79 Å². The molecule has 1 aliphatic heterocycles. The van der Waals surface area contributed by atoms with E-state index in [0.29, 0.717) is 11.5 Å². The molecule has 3 aromatic rings. The smallest absolute Gasteiger partial charge is 0.265 e. The molecule has 0 saturated carbocycles. The molecule has 4 rings (SSSR count). The van der Waals surface area contributed by atoms with E-state index in [0.717, 1.165) is 16.9 Å². The third kappa shape index (κ3) is 3.10. The van der Waals surface area contributed by atoms with Gasteiger partial charge in [0, 0.05) is 0 Å². The second-order valence-corrected chi connectivity index (χ2v) is 6.73. The van der Waals surface area contributed by atoms with Crippen molar-refractivity contribution >= 4 is 16.9 Å².